The maximum Gasteiger partial charge on any atom is 0.251 e. The van der Waals surface area contributed by atoms with Crippen LogP contribution in [-0.4, -0.2) is 56.7 Å². The number of halogens is 1. The second kappa shape index (κ2) is 13.1. The zero-order valence-electron chi connectivity index (χ0n) is 23.6. The van der Waals surface area contributed by atoms with Gasteiger partial charge in [-0.2, -0.15) is 0 Å². The summed E-state index contributed by atoms with van der Waals surface area (Å²) in [4.78, 5) is 29.2. The average molecular weight is 558 g/mol. The Morgan fingerprint density at radius 1 is 1.10 bits per heavy atom. The highest BCUT2D eigenvalue weighted by atomic mass is 19.1. The number of benzene rings is 3. The predicted molar refractivity (Wildman–Crippen MR) is 159 cm³/mol. The molecule has 3 aromatic rings. The molecular weight excluding hydrogens is 521 g/mol. The molecule has 0 saturated carbocycles. The van der Waals surface area contributed by atoms with Crippen molar-refractivity contribution in [2.24, 2.45) is 0 Å². The molecule has 0 aromatic heterocycles. The highest BCUT2D eigenvalue weighted by Crippen LogP contribution is 2.33. The quantitative estimate of drug-likeness (QED) is 0.332. The molecule has 3 aromatic carbocycles. The Kier molecular flexibility index (Phi) is 9.11. The second-order valence-corrected chi connectivity index (χ2v) is 10.5. The SMILES string of the molecule is CCOc1ccc(-c2ccc3c(c2)C=C(C(=O)Nc2ccc(CN(C)C4CCOCC4)cc2)CCN3C=O)cc1F. The number of anilines is 2. The van der Waals surface area contributed by atoms with Gasteiger partial charge in [-0.1, -0.05) is 24.3 Å². The normalized spacial score (nSPS) is 15.6. The van der Waals surface area contributed by atoms with Gasteiger partial charge in [0.15, 0.2) is 11.6 Å². The number of rotatable bonds is 9. The number of carbonyl (C=O) groups excluding carboxylic acids is 2. The van der Waals surface area contributed by atoms with E-state index in [2.05, 4.69) is 17.3 Å². The van der Waals surface area contributed by atoms with Crippen molar-refractivity contribution in [1.82, 2.24) is 4.90 Å². The lowest BCUT2D eigenvalue weighted by Crippen LogP contribution is -2.36. The predicted octanol–water partition coefficient (Wildman–Crippen LogP) is 5.89. The Morgan fingerprint density at radius 2 is 1.83 bits per heavy atom. The number of hydrogen-bond acceptors (Lipinski definition) is 5. The molecule has 7 nitrogen and oxygen atoms in total. The lowest BCUT2D eigenvalue weighted by Gasteiger charge is -2.31. The fourth-order valence-corrected chi connectivity index (χ4v) is 5.42. The third kappa shape index (κ3) is 6.84. The van der Waals surface area contributed by atoms with Gasteiger partial charge in [-0.05, 0) is 98.0 Å². The van der Waals surface area contributed by atoms with Gasteiger partial charge in [0.1, 0.15) is 0 Å². The number of carbonyl (C=O) groups is 2. The summed E-state index contributed by atoms with van der Waals surface area (Å²) in [6.07, 6.45) is 5.09. The molecule has 0 atom stereocenters. The Bertz CT molecular complexity index is 1420. The molecular formula is C33H36FN3O4. The molecule has 0 spiro atoms. The number of hydrogen-bond donors (Lipinski definition) is 1. The molecule has 214 valence electrons. The summed E-state index contributed by atoms with van der Waals surface area (Å²) in [6.45, 7) is 5.03. The number of fused-ring (bicyclic) bond motifs is 1. The molecule has 2 aliphatic rings. The average Bonchev–Trinajstić information content (AvgIpc) is 3.18. The van der Waals surface area contributed by atoms with Gasteiger partial charge < -0.3 is 19.7 Å². The van der Waals surface area contributed by atoms with Crippen molar-refractivity contribution >= 4 is 29.8 Å². The second-order valence-electron chi connectivity index (χ2n) is 10.5. The molecule has 0 bridgehead atoms. The molecule has 5 rings (SSSR count). The van der Waals surface area contributed by atoms with Gasteiger partial charge in [0.25, 0.3) is 5.91 Å². The van der Waals surface area contributed by atoms with Gasteiger partial charge in [-0.3, -0.25) is 14.5 Å². The van der Waals surface area contributed by atoms with Crippen molar-refractivity contribution < 1.29 is 23.5 Å². The number of nitrogens with zero attached hydrogens (tertiary/aromatic N) is 2. The Hall–Kier alpha value is -4.01. The van der Waals surface area contributed by atoms with Crippen molar-refractivity contribution in [2.75, 3.05) is 43.6 Å². The van der Waals surface area contributed by atoms with E-state index in [9.17, 15) is 14.0 Å². The van der Waals surface area contributed by atoms with Gasteiger partial charge >= 0.3 is 0 Å². The highest BCUT2D eigenvalue weighted by molar-refractivity contribution is 6.08. The first kappa shape index (κ1) is 28.5. The van der Waals surface area contributed by atoms with Crippen LogP contribution in [0.4, 0.5) is 15.8 Å². The minimum Gasteiger partial charge on any atom is -0.491 e. The monoisotopic (exact) mass is 557 g/mol. The zero-order chi connectivity index (χ0) is 28.8. The van der Waals surface area contributed by atoms with Crippen molar-refractivity contribution in [3.8, 4) is 16.9 Å². The van der Waals surface area contributed by atoms with Gasteiger partial charge in [0.2, 0.25) is 6.41 Å². The first-order chi connectivity index (χ1) is 19.9. The molecule has 41 heavy (non-hydrogen) atoms. The molecule has 0 aliphatic carbocycles. The maximum absolute atomic E-state index is 14.5. The standard InChI is InChI=1S/C33H36FN3O4/c1-3-41-32-11-7-25(20-30(32)34)24-6-10-31-27(18-24)19-26(12-15-37(31)22-38)33(39)35-28-8-4-23(5-9-28)21-36(2)29-13-16-40-17-14-29/h4-11,18-20,22,29H,3,12-17,21H2,1-2H3,(H,35,39). The summed E-state index contributed by atoms with van der Waals surface area (Å²) in [7, 11) is 2.14. The smallest absolute Gasteiger partial charge is 0.251 e. The van der Waals surface area contributed by atoms with Crippen LogP contribution in [0.2, 0.25) is 0 Å². The topological polar surface area (TPSA) is 71.1 Å². The third-order valence-electron chi connectivity index (χ3n) is 7.73. The van der Waals surface area contributed by atoms with Crippen molar-refractivity contribution in [1.29, 1.82) is 0 Å². The Balaban J connectivity index is 1.32. The Labute approximate surface area is 240 Å². The largest absolute Gasteiger partial charge is 0.491 e. The van der Waals surface area contributed by atoms with Crippen LogP contribution in [0.3, 0.4) is 0 Å². The van der Waals surface area contributed by atoms with E-state index in [1.807, 2.05) is 55.5 Å². The van der Waals surface area contributed by atoms with Crippen LogP contribution >= 0.6 is 0 Å². The molecule has 2 heterocycles. The fraction of sp³-hybridized carbons (Fsp3) is 0.333. The molecule has 2 aliphatic heterocycles. The van der Waals surface area contributed by atoms with E-state index in [0.717, 1.165) is 50.1 Å². The lowest BCUT2D eigenvalue weighted by atomic mass is 10.00. The van der Waals surface area contributed by atoms with E-state index in [4.69, 9.17) is 9.47 Å². The highest BCUT2D eigenvalue weighted by Gasteiger charge is 2.21. The summed E-state index contributed by atoms with van der Waals surface area (Å²) in [5, 5.41) is 3.01. The van der Waals surface area contributed by atoms with E-state index in [1.165, 1.54) is 11.6 Å². The first-order valence-corrected chi connectivity index (χ1v) is 14.1. The molecule has 1 saturated heterocycles. The summed E-state index contributed by atoms with van der Waals surface area (Å²) in [5.74, 6) is -0.449. The number of nitrogens with one attached hydrogen (secondary N) is 1. The third-order valence-corrected chi connectivity index (χ3v) is 7.73. The summed E-state index contributed by atoms with van der Waals surface area (Å²) in [6, 6.07) is 18.9. The van der Waals surface area contributed by atoms with Crippen molar-refractivity contribution in [3.05, 3.63) is 83.2 Å². The summed E-state index contributed by atoms with van der Waals surface area (Å²) in [5.41, 5.74) is 5.33. The molecule has 2 amide bonds. The van der Waals surface area contributed by atoms with E-state index >= 15 is 0 Å². The van der Waals surface area contributed by atoms with Crippen molar-refractivity contribution in [3.63, 3.8) is 0 Å². The van der Waals surface area contributed by atoms with E-state index in [1.54, 1.807) is 17.0 Å². The van der Waals surface area contributed by atoms with Gasteiger partial charge in [0.05, 0.1) is 12.3 Å². The first-order valence-electron chi connectivity index (χ1n) is 14.1. The zero-order valence-corrected chi connectivity index (χ0v) is 23.6. The number of ether oxygens (including phenoxy) is 2. The lowest BCUT2D eigenvalue weighted by molar-refractivity contribution is -0.113. The minimum atomic E-state index is -0.439. The van der Waals surface area contributed by atoms with Crippen LogP contribution in [-0.2, 0) is 20.9 Å². The van der Waals surface area contributed by atoms with Crippen molar-refractivity contribution in [2.45, 2.75) is 38.8 Å². The van der Waals surface area contributed by atoms with Crippen LogP contribution in [0.5, 0.6) is 5.75 Å². The minimum absolute atomic E-state index is 0.205. The molecule has 8 heteroatoms. The summed E-state index contributed by atoms with van der Waals surface area (Å²) < 4.78 is 25.3. The van der Waals surface area contributed by atoms with E-state index in [-0.39, 0.29) is 11.7 Å². The van der Waals surface area contributed by atoms with Crippen LogP contribution in [0.15, 0.2) is 66.2 Å². The van der Waals surface area contributed by atoms with E-state index < -0.39 is 5.82 Å². The Morgan fingerprint density at radius 3 is 2.54 bits per heavy atom. The van der Waals surface area contributed by atoms with Crippen LogP contribution in [0, 0.1) is 5.82 Å². The number of amides is 2. The molecule has 0 radical (unpaired) electrons. The maximum atomic E-state index is 14.5. The van der Waals surface area contributed by atoms with Gasteiger partial charge in [-0.25, -0.2) is 4.39 Å². The van der Waals surface area contributed by atoms with Crippen LogP contribution in [0.1, 0.15) is 37.3 Å². The van der Waals surface area contributed by atoms with Gasteiger partial charge in [0, 0.05) is 43.6 Å². The summed E-state index contributed by atoms with van der Waals surface area (Å²) >= 11 is 0. The van der Waals surface area contributed by atoms with Crippen LogP contribution < -0.4 is 15.0 Å². The molecule has 1 fully saturated rings. The van der Waals surface area contributed by atoms with Crippen LogP contribution in [0.25, 0.3) is 17.2 Å². The fourth-order valence-electron chi connectivity index (χ4n) is 5.42. The molecule has 0 unspecified atom stereocenters. The molecule has 1 N–H and O–H groups in total. The van der Waals surface area contributed by atoms with Gasteiger partial charge in [-0.15, -0.1) is 0 Å². The van der Waals surface area contributed by atoms with E-state index in [0.29, 0.717) is 48.1 Å².